The summed E-state index contributed by atoms with van der Waals surface area (Å²) in [6.07, 6.45) is 0.0886. The Labute approximate surface area is 216 Å². The van der Waals surface area contributed by atoms with Crippen LogP contribution < -0.4 is 9.62 Å². The number of amides is 1. The zero-order valence-electron chi connectivity index (χ0n) is 17.9. The molecule has 2 heterocycles. The first-order valence-corrected chi connectivity index (χ1v) is 12.9. The second kappa shape index (κ2) is 10.0. The lowest BCUT2D eigenvalue weighted by atomic mass is 9.93. The van der Waals surface area contributed by atoms with Gasteiger partial charge in [0.25, 0.3) is 15.9 Å². The highest BCUT2D eigenvalue weighted by molar-refractivity contribution is 7.92. The zero-order valence-corrected chi connectivity index (χ0v) is 21.0. The third kappa shape index (κ3) is 5.38. The molecule has 1 aliphatic rings. The largest absolute Gasteiger partial charge is 0.481 e. The fraction of sp³-hybridized carbons (Fsp3) is 0.174. The Kier molecular flexibility index (Phi) is 7.23. The van der Waals surface area contributed by atoms with Crippen LogP contribution in [-0.2, 0) is 21.2 Å². The average molecular weight is 555 g/mol. The molecule has 0 spiro atoms. The first kappa shape index (κ1) is 25.2. The molecule has 2 N–H and O–H groups in total. The molecule has 0 bridgehead atoms. The van der Waals surface area contributed by atoms with Gasteiger partial charge in [-0.2, -0.15) is 0 Å². The summed E-state index contributed by atoms with van der Waals surface area (Å²) in [6.45, 7) is -0.102. The van der Waals surface area contributed by atoms with Gasteiger partial charge in [-0.25, -0.2) is 17.7 Å². The van der Waals surface area contributed by atoms with E-state index in [1.54, 1.807) is 18.2 Å². The number of sulfonamides is 1. The number of carbonyl (C=O) groups excluding carboxylic acids is 1. The van der Waals surface area contributed by atoms with Crippen molar-refractivity contribution in [3.05, 3.63) is 80.8 Å². The van der Waals surface area contributed by atoms with Crippen LogP contribution >= 0.6 is 34.8 Å². The third-order valence-corrected chi connectivity index (χ3v) is 8.02. The fourth-order valence-corrected chi connectivity index (χ4v) is 6.26. The second-order valence-electron chi connectivity index (χ2n) is 7.89. The molecule has 0 radical (unpaired) electrons. The highest BCUT2D eigenvalue weighted by atomic mass is 35.5. The van der Waals surface area contributed by atoms with Crippen molar-refractivity contribution in [3.8, 4) is 0 Å². The van der Waals surface area contributed by atoms with E-state index in [-0.39, 0.29) is 50.1 Å². The number of carboxylic acid groups (broad SMARTS) is 1. The van der Waals surface area contributed by atoms with Gasteiger partial charge in [0.05, 0.1) is 26.9 Å². The fourth-order valence-electron chi connectivity index (χ4n) is 3.86. The quantitative estimate of drug-likeness (QED) is 0.436. The average Bonchev–Trinajstić information content (AvgIpc) is 2.78. The zero-order chi connectivity index (χ0) is 25.3. The molecule has 182 valence electrons. The lowest BCUT2D eigenvalue weighted by molar-refractivity contribution is -0.138. The van der Waals surface area contributed by atoms with E-state index in [1.165, 1.54) is 36.4 Å². The summed E-state index contributed by atoms with van der Waals surface area (Å²) >= 11 is 18.2. The van der Waals surface area contributed by atoms with Gasteiger partial charge in [-0.1, -0.05) is 53.0 Å². The lowest BCUT2D eigenvalue weighted by Gasteiger charge is -2.34. The van der Waals surface area contributed by atoms with Crippen molar-refractivity contribution in [2.75, 3.05) is 16.2 Å². The monoisotopic (exact) mass is 553 g/mol. The van der Waals surface area contributed by atoms with Crippen LogP contribution in [-0.4, -0.2) is 36.9 Å². The van der Waals surface area contributed by atoms with Crippen molar-refractivity contribution >= 4 is 68.3 Å². The standard InChI is InChI=1S/C23H18Cl3N3O5S/c24-15-3-1-4-16(11-15)35(33,34)29-12-13(10-20(30)31)9-14-7-8-19(27-22(14)29)28-23(32)21-17(25)5-2-6-18(21)26/h1-8,11,13H,9-10,12H2,(H,30,31)(H,27,28,32). The minimum absolute atomic E-state index is 0.0558. The van der Waals surface area contributed by atoms with Gasteiger partial charge in [0.15, 0.2) is 0 Å². The number of halogens is 3. The van der Waals surface area contributed by atoms with Gasteiger partial charge < -0.3 is 10.4 Å². The second-order valence-corrected chi connectivity index (χ2v) is 11.0. The van der Waals surface area contributed by atoms with E-state index < -0.39 is 27.8 Å². The maximum atomic E-state index is 13.5. The van der Waals surface area contributed by atoms with Gasteiger partial charge in [-0.3, -0.25) is 9.59 Å². The molecule has 2 aromatic carbocycles. The van der Waals surface area contributed by atoms with Gasteiger partial charge in [-0.05, 0) is 54.3 Å². The predicted molar refractivity (Wildman–Crippen MR) is 134 cm³/mol. The molecule has 35 heavy (non-hydrogen) atoms. The molecule has 0 fully saturated rings. The van der Waals surface area contributed by atoms with Gasteiger partial charge in [0.1, 0.15) is 11.6 Å². The Balaban J connectivity index is 1.74. The van der Waals surface area contributed by atoms with Crippen LogP contribution in [0.25, 0.3) is 0 Å². The number of rotatable bonds is 6. The molecule has 1 unspecified atom stereocenters. The molecule has 1 atom stereocenters. The van der Waals surface area contributed by atoms with Crippen molar-refractivity contribution in [2.24, 2.45) is 5.92 Å². The summed E-state index contributed by atoms with van der Waals surface area (Å²) in [5.41, 5.74) is 0.585. The molecule has 1 aromatic heterocycles. The van der Waals surface area contributed by atoms with Crippen LogP contribution in [0.4, 0.5) is 11.6 Å². The summed E-state index contributed by atoms with van der Waals surface area (Å²) in [5, 5.41) is 12.4. The number of aromatic nitrogens is 1. The van der Waals surface area contributed by atoms with Gasteiger partial charge in [0.2, 0.25) is 0 Å². The minimum atomic E-state index is -4.14. The van der Waals surface area contributed by atoms with E-state index >= 15 is 0 Å². The number of nitrogens with zero attached hydrogens (tertiary/aromatic N) is 2. The molecular weight excluding hydrogens is 537 g/mol. The third-order valence-electron chi connectivity index (χ3n) is 5.40. The number of aliphatic carboxylic acids is 1. The van der Waals surface area contributed by atoms with E-state index in [0.717, 1.165) is 4.31 Å². The summed E-state index contributed by atoms with van der Waals surface area (Å²) in [7, 11) is -4.14. The Morgan fingerprint density at radius 2 is 1.74 bits per heavy atom. The molecule has 1 aliphatic heterocycles. The van der Waals surface area contributed by atoms with Crippen molar-refractivity contribution in [3.63, 3.8) is 0 Å². The van der Waals surface area contributed by atoms with Crippen LogP contribution in [0.3, 0.4) is 0 Å². The molecule has 4 rings (SSSR count). The Morgan fingerprint density at radius 3 is 2.40 bits per heavy atom. The van der Waals surface area contributed by atoms with Crippen molar-refractivity contribution in [1.82, 2.24) is 4.98 Å². The van der Waals surface area contributed by atoms with Crippen LogP contribution in [0.2, 0.25) is 15.1 Å². The summed E-state index contributed by atoms with van der Waals surface area (Å²) in [4.78, 5) is 28.5. The number of carbonyl (C=O) groups is 2. The van der Waals surface area contributed by atoms with Crippen LogP contribution in [0.15, 0.2) is 59.5 Å². The van der Waals surface area contributed by atoms with Crippen LogP contribution in [0, 0.1) is 5.92 Å². The highest BCUT2D eigenvalue weighted by Gasteiger charge is 2.35. The molecule has 3 aromatic rings. The smallest absolute Gasteiger partial charge is 0.303 e. The molecule has 8 nitrogen and oxygen atoms in total. The summed E-state index contributed by atoms with van der Waals surface area (Å²) in [6, 6.07) is 13.5. The summed E-state index contributed by atoms with van der Waals surface area (Å²) < 4.78 is 28.1. The van der Waals surface area contributed by atoms with Crippen molar-refractivity contribution < 1.29 is 23.1 Å². The highest BCUT2D eigenvalue weighted by Crippen LogP contribution is 2.35. The van der Waals surface area contributed by atoms with E-state index in [4.69, 9.17) is 34.8 Å². The normalized spacial score (nSPS) is 15.4. The molecule has 12 heteroatoms. The molecule has 0 saturated heterocycles. The number of anilines is 2. The number of carboxylic acids is 1. The Hall–Kier alpha value is -2.85. The molecular formula is C23H18Cl3N3O5S. The predicted octanol–water partition coefficient (Wildman–Crippen LogP) is 5.14. The van der Waals surface area contributed by atoms with Crippen LogP contribution in [0.1, 0.15) is 22.3 Å². The lowest BCUT2D eigenvalue weighted by Crippen LogP contribution is -2.41. The van der Waals surface area contributed by atoms with E-state index in [2.05, 4.69) is 10.3 Å². The Morgan fingerprint density at radius 1 is 1.06 bits per heavy atom. The van der Waals surface area contributed by atoms with Gasteiger partial charge in [-0.15, -0.1) is 0 Å². The SMILES string of the molecule is O=C(O)CC1Cc2ccc(NC(=O)c3c(Cl)cccc3Cl)nc2N(S(=O)(=O)c2cccc(Cl)c2)C1. The van der Waals surface area contributed by atoms with Gasteiger partial charge >= 0.3 is 5.97 Å². The molecule has 1 amide bonds. The summed E-state index contributed by atoms with van der Waals surface area (Å²) in [5.74, 6) is -1.95. The van der Waals surface area contributed by atoms with Gasteiger partial charge in [0, 0.05) is 11.6 Å². The number of nitrogens with one attached hydrogen (secondary N) is 1. The number of hydrogen-bond acceptors (Lipinski definition) is 5. The van der Waals surface area contributed by atoms with Crippen molar-refractivity contribution in [1.29, 1.82) is 0 Å². The molecule has 0 saturated carbocycles. The number of pyridine rings is 1. The van der Waals surface area contributed by atoms with E-state index in [1.807, 2.05) is 0 Å². The van der Waals surface area contributed by atoms with Crippen LogP contribution in [0.5, 0.6) is 0 Å². The first-order chi connectivity index (χ1) is 16.6. The number of hydrogen-bond donors (Lipinski definition) is 2. The maximum absolute atomic E-state index is 13.5. The number of fused-ring (bicyclic) bond motifs is 1. The van der Waals surface area contributed by atoms with E-state index in [0.29, 0.717) is 12.0 Å². The van der Waals surface area contributed by atoms with Crippen molar-refractivity contribution in [2.45, 2.75) is 17.7 Å². The Bertz CT molecular complexity index is 1410. The van der Waals surface area contributed by atoms with E-state index in [9.17, 15) is 23.1 Å². The minimum Gasteiger partial charge on any atom is -0.481 e. The first-order valence-electron chi connectivity index (χ1n) is 10.3. The number of benzene rings is 2. The maximum Gasteiger partial charge on any atom is 0.303 e. The molecule has 0 aliphatic carbocycles. The topological polar surface area (TPSA) is 117 Å².